The lowest BCUT2D eigenvalue weighted by Crippen LogP contribution is -2.31. The Bertz CT molecular complexity index is 1200. The van der Waals surface area contributed by atoms with E-state index in [2.05, 4.69) is 0 Å². The number of amides is 2. The lowest BCUT2D eigenvalue weighted by molar-refractivity contribution is 0.0474. The number of Topliss-reactive ketones (excluding diaryl/α,β-unsaturated/α-hetero) is 1. The third-order valence-electron chi connectivity index (χ3n) is 5.17. The number of ether oxygens (including phenoxy) is 1. The highest BCUT2D eigenvalue weighted by Crippen LogP contribution is 2.24. The fourth-order valence-corrected chi connectivity index (χ4v) is 3.44. The van der Waals surface area contributed by atoms with Gasteiger partial charge in [-0.2, -0.15) is 0 Å². The van der Waals surface area contributed by atoms with Gasteiger partial charge in [-0.1, -0.05) is 30.3 Å². The smallest absolute Gasteiger partial charge is 0.338 e. The van der Waals surface area contributed by atoms with Gasteiger partial charge in [0.05, 0.1) is 16.7 Å². The fourth-order valence-electron chi connectivity index (χ4n) is 3.44. The van der Waals surface area contributed by atoms with Crippen molar-refractivity contribution in [1.29, 1.82) is 0 Å². The van der Waals surface area contributed by atoms with E-state index >= 15 is 0 Å². The summed E-state index contributed by atoms with van der Waals surface area (Å²) in [4.78, 5) is 51.0. The van der Waals surface area contributed by atoms with Crippen LogP contribution in [0.4, 0.5) is 4.39 Å². The highest BCUT2D eigenvalue weighted by molar-refractivity contribution is 6.22. The van der Waals surface area contributed by atoms with Gasteiger partial charge in [-0.3, -0.25) is 19.3 Å². The highest BCUT2D eigenvalue weighted by atomic mass is 19.1. The van der Waals surface area contributed by atoms with Crippen LogP contribution in [0.2, 0.25) is 0 Å². The number of nitrogens with zero attached hydrogens (tertiary/aromatic N) is 1. The Kier molecular flexibility index (Phi) is 5.89. The number of carbonyl (C=O) groups is 4. The average Bonchev–Trinajstić information content (AvgIpc) is 3.06. The molecule has 0 fully saturated rings. The Hall–Kier alpha value is -4.13. The number of hydrogen-bond donors (Lipinski definition) is 0. The summed E-state index contributed by atoms with van der Waals surface area (Å²) in [5.41, 5.74) is 1.62. The quantitative estimate of drug-likeness (QED) is 0.324. The van der Waals surface area contributed by atoms with E-state index in [4.69, 9.17) is 4.74 Å². The molecule has 0 aromatic heterocycles. The first-order valence-corrected chi connectivity index (χ1v) is 9.94. The van der Waals surface area contributed by atoms with E-state index in [1.807, 2.05) is 30.3 Å². The summed E-state index contributed by atoms with van der Waals surface area (Å²) in [7, 11) is 0. The Morgan fingerprint density at radius 2 is 1.47 bits per heavy atom. The summed E-state index contributed by atoms with van der Waals surface area (Å²) < 4.78 is 18.0. The van der Waals surface area contributed by atoms with Crippen molar-refractivity contribution in [3.63, 3.8) is 0 Å². The topological polar surface area (TPSA) is 80.8 Å². The number of hydrogen-bond acceptors (Lipinski definition) is 5. The molecule has 1 heterocycles. The number of halogens is 1. The molecule has 2 amide bonds. The Balaban J connectivity index is 1.41. The Labute approximate surface area is 183 Å². The minimum absolute atomic E-state index is 0.0571. The van der Waals surface area contributed by atoms with Gasteiger partial charge in [0, 0.05) is 12.1 Å². The van der Waals surface area contributed by atoms with Gasteiger partial charge in [-0.15, -0.1) is 0 Å². The molecule has 0 spiro atoms. The largest absolute Gasteiger partial charge is 0.454 e. The zero-order valence-electron chi connectivity index (χ0n) is 16.9. The number of imide groups is 1. The second-order valence-electron chi connectivity index (χ2n) is 7.26. The Morgan fingerprint density at radius 3 is 2.19 bits per heavy atom. The van der Waals surface area contributed by atoms with Crippen molar-refractivity contribution >= 4 is 23.6 Å². The first-order valence-electron chi connectivity index (χ1n) is 9.94. The molecule has 0 saturated heterocycles. The summed E-state index contributed by atoms with van der Waals surface area (Å²) in [5.74, 6) is -2.65. The molecule has 6 nitrogen and oxygen atoms in total. The van der Waals surface area contributed by atoms with E-state index in [1.54, 1.807) is 0 Å². The second-order valence-corrected chi connectivity index (χ2v) is 7.26. The minimum atomic E-state index is -0.800. The van der Waals surface area contributed by atoms with Crippen molar-refractivity contribution in [2.45, 2.75) is 6.42 Å². The maximum absolute atomic E-state index is 13.0. The van der Waals surface area contributed by atoms with E-state index in [-0.39, 0.29) is 28.8 Å². The van der Waals surface area contributed by atoms with Crippen molar-refractivity contribution in [2.75, 3.05) is 13.2 Å². The lowest BCUT2D eigenvalue weighted by Gasteiger charge is -2.13. The lowest BCUT2D eigenvalue weighted by atomic mass is 10.1. The molecule has 4 rings (SSSR count). The van der Waals surface area contributed by atoms with Crippen LogP contribution in [0.15, 0.2) is 72.8 Å². The predicted molar refractivity (Wildman–Crippen MR) is 113 cm³/mol. The molecular weight excluding hydrogens is 413 g/mol. The molecule has 1 aliphatic rings. The number of benzene rings is 3. The fraction of sp³-hybridized carbons (Fsp3) is 0.120. The summed E-state index contributed by atoms with van der Waals surface area (Å²) in [6.07, 6.45) is 0.521. The molecule has 0 unspecified atom stereocenters. The SMILES string of the molecule is O=C(COC(=O)c1ccc2c(c1)C(=O)N(CCc1ccccc1)C2=O)c1ccc(F)cc1. The monoisotopic (exact) mass is 431 g/mol. The van der Waals surface area contributed by atoms with Crippen LogP contribution in [-0.2, 0) is 11.2 Å². The number of carbonyl (C=O) groups excluding carboxylic acids is 4. The first kappa shape index (κ1) is 21.1. The molecule has 0 radical (unpaired) electrons. The van der Waals surface area contributed by atoms with Gasteiger partial charge in [0.25, 0.3) is 11.8 Å². The molecular formula is C25H18FNO5. The zero-order chi connectivity index (χ0) is 22.7. The van der Waals surface area contributed by atoms with Gasteiger partial charge < -0.3 is 4.74 Å². The van der Waals surface area contributed by atoms with Crippen molar-refractivity contribution in [3.8, 4) is 0 Å². The van der Waals surface area contributed by atoms with E-state index in [9.17, 15) is 23.6 Å². The third kappa shape index (κ3) is 4.32. The molecule has 3 aromatic rings. The second kappa shape index (κ2) is 8.93. The van der Waals surface area contributed by atoms with Gasteiger partial charge in [-0.05, 0) is 54.4 Å². The van der Waals surface area contributed by atoms with Crippen LogP contribution in [0, 0.1) is 5.82 Å². The first-order chi connectivity index (χ1) is 15.4. The average molecular weight is 431 g/mol. The maximum atomic E-state index is 13.0. The minimum Gasteiger partial charge on any atom is -0.454 e. The van der Waals surface area contributed by atoms with Gasteiger partial charge in [0.15, 0.2) is 12.4 Å². The molecule has 0 atom stereocenters. The number of rotatable bonds is 7. The van der Waals surface area contributed by atoms with Crippen LogP contribution in [0.5, 0.6) is 0 Å². The van der Waals surface area contributed by atoms with Crippen molar-refractivity contribution in [3.05, 3.63) is 106 Å². The summed E-state index contributed by atoms with van der Waals surface area (Å²) in [5, 5.41) is 0. The molecule has 0 bridgehead atoms. The van der Waals surface area contributed by atoms with Gasteiger partial charge in [-0.25, -0.2) is 9.18 Å². The van der Waals surface area contributed by atoms with E-state index in [1.165, 1.54) is 30.3 Å². The van der Waals surface area contributed by atoms with Crippen LogP contribution in [-0.4, -0.2) is 41.6 Å². The van der Waals surface area contributed by atoms with E-state index in [0.717, 1.165) is 22.6 Å². The van der Waals surface area contributed by atoms with Crippen molar-refractivity contribution in [2.24, 2.45) is 0 Å². The predicted octanol–water partition coefficient (Wildman–Crippen LogP) is 3.70. The van der Waals surface area contributed by atoms with Gasteiger partial charge in [0.1, 0.15) is 5.82 Å². The van der Waals surface area contributed by atoms with Crippen LogP contribution in [0.1, 0.15) is 47.0 Å². The molecule has 32 heavy (non-hydrogen) atoms. The van der Waals surface area contributed by atoms with Gasteiger partial charge in [0.2, 0.25) is 0 Å². The normalized spacial score (nSPS) is 12.6. The molecule has 1 aliphatic heterocycles. The maximum Gasteiger partial charge on any atom is 0.338 e. The van der Waals surface area contributed by atoms with Crippen LogP contribution < -0.4 is 0 Å². The van der Waals surface area contributed by atoms with E-state index < -0.39 is 36.0 Å². The number of esters is 1. The summed E-state index contributed by atoms with van der Waals surface area (Å²) in [6.45, 7) is -0.306. The summed E-state index contributed by atoms with van der Waals surface area (Å²) >= 11 is 0. The molecule has 3 aromatic carbocycles. The van der Waals surface area contributed by atoms with Crippen molar-refractivity contribution in [1.82, 2.24) is 4.90 Å². The van der Waals surface area contributed by atoms with E-state index in [0.29, 0.717) is 6.42 Å². The standard InChI is InChI=1S/C25H18FNO5/c26-19-9-6-17(7-10-19)22(28)15-32-25(31)18-8-11-20-21(14-18)24(30)27(23(20)29)13-12-16-4-2-1-3-5-16/h1-11,14H,12-13,15H2. The van der Waals surface area contributed by atoms with Crippen LogP contribution in [0.3, 0.4) is 0 Å². The van der Waals surface area contributed by atoms with Gasteiger partial charge >= 0.3 is 5.97 Å². The molecule has 0 saturated carbocycles. The highest BCUT2D eigenvalue weighted by Gasteiger charge is 2.35. The molecule has 0 aliphatic carbocycles. The number of fused-ring (bicyclic) bond motifs is 1. The van der Waals surface area contributed by atoms with Crippen LogP contribution in [0.25, 0.3) is 0 Å². The Morgan fingerprint density at radius 1 is 0.812 bits per heavy atom. The van der Waals surface area contributed by atoms with Crippen LogP contribution >= 0.6 is 0 Å². The molecule has 160 valence electrons. The third-order valence-corrected chi connectivity index (χ3v) is 5.17. The number of ketones is 1. The summed E-state index contributed by atoms with van der Waals surface area (Å²) in [6, 6.07) is 18.5. The van der Waals surface area contributed by atoms with Crippen molar-refractivity contribution < 1.29 is 28.3 Å². The molecule has 7 heteroatoms. The molecule has 0 N–H and O–H groups in total. The zero-order valence-corrected chi connectivity index (χ0v) is 16.9.